The second-order valence-corrected chi connectivity index (χ2v) is 5.75. The minimum atomic E-state index is -0.369. The summed E-state index contributed by atoms with van der Waals surface area (Å²) in [6.45, 7) is -0.313. The van der Waals surface area contributed by atoms with Crippen molar-refractivity contribution in [2.24, 2.45) is 0 Å². The van der Waals surface area contributed by atoms with E-state index in [1.807, 2.05) is 0 Å². The molecule has 0 aliphatic rings. The number of benzene rings is 2. The Hall–Kier alpha value is -1.92. The number of methoxy groups -OCH3 is 1. The molecule has 0 bridgehead atoms. The zero-order valence-corrected chi connectivity index (χ0v) is 19.8. The number of halogens is 2. The normalized spacial score (nSPS) is 10.6. The third-order valence-corrected chi connectivity index (χ3v) is 3.75. The largest absolute Gasteiger partial charge is 0.508 e. The maximum Gasteiger partial charge on any atom is 0.163 e. The minimum Gasteiger partial charge on any atom is -0.508 e. The first-order chi connectivity index (χ1) is 13.9. The Labute approximate surface area is 192 Å². The molecule has 0 aliphatic carbocycles. The van der Waals surface area contributed by atoms with E-state index < -0.39 is 0 Å². The summed E-state index contributed by atoms with van der Waals surface area (Å²) >= 11 is 4.24. The molecule has 2 aromatic rings. The molecule has 29 heavy (non-hydrogen) atoms. The van der Waals surface area contributed by atoms with Crippen LogP contribution in [0, 0.1) is 0 Å². The second-order valence-electron chi connectivity index (χ2n) is 5.75. The highest BCUT2D eigenvalue weighted by Gasteiger charge is 2.05. The van der Waals surface area contributed by atoms with Crippen molar-refractivity contribution in [3.63, 3.8) is 0 Å². The van der Waals surface area contributed by atoms with Crippen LogP contribution in [0.25, 0.3) is 12.2 Å². The Morgan fingerprint density at radius 3 is 1.97 bits per heavy atom. The zero-order valence-electron chi connectivity index (χ0n) is 15.5. The second kappa shape index (κ2) is 13.3. The SMILES string of the molecule is COc1cc(/C=C/C(=O)CC(=O)/C=C/c2ccc(O)c(CO)c2)ccc1O.II. The number of carbonyl (C=O) groups is 2. The van der Waals surface area contributed by atoms with Crippen molar-refractivity contribution in [1.82, 2.24) is 0 Å². The van der Waals surface area contributed by atoms with Crippen molar-refractivity contribution in [1.29, 1.82) is 0 Å². The number of aliphatic hydroxyl groups is 1. The highest BCUT2D eigenvalue weighted by molar-refractivity contribution is 15.0. The maximum absolute atomic E-state index is 11.9. The number of ether oxygens (including phenoxy) is 1. The molecule has 0 aliphatic heterocycles. The van der Waals surface area contributed by atoms with Gasteiger partial charge in [0.2, 0.25) is 0 Å². The summed E-state index contributed by atoms with van der Waals surface area (Å²) in [7, 11) is 1.43. The molecule has 8 heteroatoms. The molecule has 0 heterocycles. The quantitative estimate of drug-likeness (QED) is 0.226. The molecular weight excluding hydrogens is 602 g/mol. The molecule has 3 N–H and O–H groups in total. The van der Waals surface area contributed by atoms with Gasteiger partial charge in [0.05, 0.1) is 20.1 Å². The van der Waals surface area contributed by atoms with Gasteiger partial charge in [-0.2, -0.15) is 0 Å². The summed E-state index contributed by atoms with van der Waals surface area (Å²) in [5.41, 5.74) is 1.64. The number of rotatable bonds is 8. The molecule has 0 unspecified atom stereocenters. The summed E-state index contributed by atoms with van der Waals surface area (Å²) < 4.78 is 4.99. The van der Waals surface area contributed by atoms with Crippen LogP contribution in [0.1, 0.15) is 23.1 Å². The Morgan fingerprint density at radius 1 is 0.931 bits per heavy atom. The average Bonchev–Trinajstić information content (AvgIpc) is 2.74. The van der Waals surface area contributed by atoms with E-state index in [4.69, 9.17) is 9.84 Å². The van der Waals surface area contributed by atoms with Crippen LogP contribution in [-0.2, 0) is 16.2 Å². The molecule has 2 aromatic carbocycles. The van der Waals surface area contributed by atoms with Crippen LogP contribution < -0.4 is 4.74 Å². The van der Waals surface area contributed by atoms with Crippen LogP contribution in [0.4, 0.5) is 0 Å². The number of hydrogen-bond donors (Lipinski definition) is 3. The van der Waals surface area contributed by atoms with Gasteiger partial charge in [-0.1, -0.05) is 24.3 Å². The Balaban J connectivity index is 0.00000204. The first-order valence-corrected chi connectivity index (χ1v) is 14.6. The molecule has 154 valence electrons. The number of phenols is 2. The smallest absolute Gasteiger partial charge is 0.163 e. The van der Waals surface area contributed by atoms with E-state index in [2.05, 4.69) is 37.2 Å². The molecule has 2 rings (SSSR count). The van der Waals surface area contributed by atoms with Gasteiger partial charge in [0.1, 0.15) is 5.75 Å². The van der Waals surface area contributed by atoms with Crippen molar-refractivity contribution in [2.75, 3.05) is 7.11 Å². The Morgan fingerprint density at radius 2 is 1.45 bits per heavy atom. The van der Waals surface area contributed by atoms with Crippen molar-refractivity contribution >= 4 is 61.0 Å². The van der Waals surface area contributed by atoms with Gasteiger partial charge in [-0.3, -0.25) is 9.59 Å². The van der Waals surface area contributed by atoms with Gasteiger partial charge >= 0.3 is 0 Å². The summed E-state index contributed by atoms with van der Waals surface area (Å²) in [5, 5.41) is 28.2. The summed E-state index contributed by atoms with van der Waals surface area (Å²) in [6, 6.07) is 9.22. The lowest BCUT2D eigenvalue weighted by atomic mass is 10.1. The van der Waals surface area contributed by atoms with Crippen molar-refractivity contribution in [3.8, 4) is 17.2 Å². The van der Waals surface area contributed by atoms with Crippen molar-refractivity contribution < 1.29 is 29.6 Å². The van der Waals surface area contributed by atoms with Crippen LogP contribution in [0.2, 0.25) is 0 Å². The molecule has 0 fully saturated rings. The monoisotopic (exact) mass is 622 g/mol. The number of phenolic OH excluding ortho intramolecular Hbond substituents is 1. The third kappa shape index (κ3) is 8.54. The first-order valence-electron chi connectivity index (χ1n) is 8.29. The van der Waals surface area contributed by atoms with Gasteiger partial charge in [-0.25, -0.2) is 0 Å². The van der Waals surface area contributed by atoms with Crippen LogP contribution in [0.5, 0.6) is 17.2 Å². The fourth-order valence-electron chi connectivity index (χ4n) is 2.30. The van der Waals surface area contributed by atoms with Gasteiger partial charge in [-0.05, 0) is 47.5 Å². The molecule has 6 nitrogen and oxygen atoms in total. The van der Waals surface area contributed by atoms with E-state index in [-0.39, 0.29) is 36.1 Å². The number of carbonyl (C=O) groups excluding carboxylic acids is 2. The van der Waals surface area contributed by atoms with Crippen LogP contribution in [0.15, 0.2) is 48.6 Å². The minimum absolute atomic E-state index is 0.000113. The van der Waals surface area contributed by atoms with Gasteiger partial charge in [0.15, 0.2) is 23.1 Å². The van der Waals surface area contributed by atoms with Crippen molar-refractivity contribution in [2.45, 2.75) is 13.0 Å². The lowest BCUT2D eigenvalue weighted by molar-refractivity contribution is -0.121. The molecule has 0 spiro atoms. The lowest BCUT2D eigenvalue weighted by Crippen LogP contribution is -2.01. The highest BCUT2D eigenvalue weighted by atomic mass is 128. The van der Waals surface area contributed by atoms with Gasteiger partial charge in [0, 0.05) is 42.8 Å². The zero-order chi connectivity index (χ0) is 21.8. The molecular formula is C21H20I2O6. The van der Waals surface area contributed by atoms with Gasteiger partial charge < -0.3 is 20.1 Å². The molecule has 0 saturated carbocycles. The van der Waals surface area contributed by atoms with Crippen LogP contribution in [-0.4, -0.2) is 34.0 Å². The van der Waals surface area contributed by atoms with E-state index in [1.54, 1.807) is 24.3 Å². The molecule has 0 saturated heterocycles. The van der Waals surface area contributed by atoms with E-state index in [0.717, 1.165) is 0 Å². The predicted octanol–water partition coefficient (Wildman–Crippen LogP) is 4.63. The highest BCUT2D eigenvalue weighted by Crippen LogP contribution is 2.26. The molecule has 0 amide bonds. The standard InChI is InChI=1S/C21H20O6.I2/c1-27-21-11-15(5-9-20(21)26)3-7-18(24)12-17(23)6-2-14-4-8-19(25)16(10-14)13-22;1-2/h2-11,22,25-26H,12-13H2,1H3;/b6-2+,7-3+;. The van der Waals surface area contributed by atoms with Gasteiger partial charge in [0.25, 0.3) is 0 Å². The molecule has 0 radical (unpaired) electrons. The lowest BCUT2D eigenvalue weighted by Gasteiger charge is -2.03. The van der Waals surface area contributed by atoms with Gasteiger partial charge in [-0.15, -0.1) is 0 Å². The number of ketones is 2. The van der Waals surface area contributed by atoms with E-state index >= 15 is 0 Å². The summed E-state index contributed by atoms with van der Waals surface area (Å²) in [5.74, 6) is -0.461. The van der Waals surface area contributed by atoms with Crippen molar-refractivity contribution in [3.05, 3.63) is 65.2 Å². The van der Waals surface area contributed by atoms with Crippen LogP contribution >= 0.6 is 37.2 Å². The number of allylic oxidation sites excluding steroid dienone is 2. The molecule has 0 aromatic heterocycles. The Kier molecular flexibility index (Phi) is 11.5. The Bertz CT molecular complexity index is 833. The van der Waals surface area contributed by atoms with Crippen LogP contribution in [0.3, 0.4) is 0 Å². The first kappa shape index (κ1) is 25.1. The number of aromatic hydroxyl groups is 2. The maximum atomic E-state index is 11.9. The topological polar surface area (TPSA) is 104 Å². The molecule has 0 atom stereocenters. The summed E-state index contributed by atoms with van der Waals surface area (Å²) in [4.78, 5) is 23.8. The number of hydrogen-bond acceptors (Lipinski definition) is 6. The van der Waals surface area contributed by atoms with E-state index in [1.165, 1.54) is 43.5 Å². The number of aliphatic hydroxyl groups excluding tert-OH is 1. The fourth-order valence-corrected chi connectivity index (χ4v) is 2.30. The predicted molar refractivity (Wildman–Crippen MR) is 129 cm³/mol. The third-order valence-electron chi connectivity index (χ3n) is 3.75. The van der Waals surface area contributed by atoms with E-state index in [0.29, 0.717) is 22.4 Å². The average molecular weight is 622 g/mol. The summed E-state index contributed by atoms with van der Waals surface area (Å²) in [6.07, 6.45) is 5.34. The van der Waals surface area contributed by atoms with E-state index in [9.17, 15) is 19.8 Å². The fraction of sp³-hybridized carbons (Fsp3) is 0.143.